The van der Waals surface area contributed by atoms with Crippen LogP contribution in [0.2, 0.25) is 0 Å². The Morgan fingerprint density at radius 2 is 1.75 bits per heavy atom. The molecule has 12 radical (unpaired) electrons. The van der Waals surface area contributed by atoms with Crippen LogP contribution < -0.4 is 16.4 Å². The van der Waals surface area contributed by atoms with E-state index in [1.54, 1.807) is 6.07 Å². The first kappa shape index (κ1) is 15.5. The van der Waals surface area contributed by atoms with Crippen LogP contribution in [0.1, 0.15) is 5.76 Å². The van der Waals surface area contributed by atoms with Gasteiger partial charge in [0, 0.05) is 9.86 Å². The van der Waals surface area contributed by atoms with Crippen molar-refractivity contribution in [1.82, 2.24) is 0 Å². The van der Waals surface area contributed by atoms with Gasteiger partial charge in [0.15, 0.2) is 0 Å². The van der Waals surface area contributed by atoms with Crippen LogP contribution in [-0.4, -0.2) is 47.1 Å². The average molecular weight is 308 g/mol. The summed E-state index contributed by atoms with van der Waals surface area (Å²) in [7, 11) is 34.6. The van der Waals surface area contributed by atoms with Crippen LogP contribution in [0.4, 0.5) is 0 Å². The van der Waals surface area contributed by atoms with Crippen LogP contribution in [0.5, 0.6) is 0 Å². The van der Waals surface area contributed by atoms with Crippen LogP contribution in [0.25, 0.3) is 16.4 Å². The van der Waals surface area contributed by atoms with E-state index in [1.807, 2.05) is 0 Å². The Morgan fingerprint density at radius 3 is 2.35 bits per heavy atom. The normalized spacial score (nSPS) is 13.1. The smallest absolute Gasteiger partial charge is 0.128 e. The van der Waals surface area contributed by atoms with Crippen molar-refractivity contribution >= 4 is 95.8 Å². The molecular formula is C12H3B6BrO. The molecule has 82 valence electrons. The lowest BCUT2D eigenvalue weighted by Gasteiger charge is -2.09. The van der Waals surface area contributed by atoms with E-state index in [4.69, 9.17) is 51.5 Å². The maximum absolute atomic E-state index is 5.94. The maximum atomic E-state index is 5.94. The van der Waals surface area contributed by atoms with Gasteiger partial charge in [-0.05, 0) is 11.5 Å². The van der Waals surface area contributed by atoms with Gasteiger partial charge in [-0.25, -0.2) is 0 Å². The van der Waals surface area contributed by atoms with Gasteiger partial charge in [-0.3, -0.25) is 0 Å². The second-order valence-electron chi connectivity index (χ2n) is 4.14. The Bertz CT molecular complexity index is 701. The minimum atomic E-state index is 0.233. The molecule has 0 spiro atoms. The highest BCUT2D eigenvalue weighted by Gasteiger charge is 2.14. The number of benzene rings is 1. The SMILES string of the molecule is [B]/C=C/C([B])=C(/[B])c1cc2c([B])c([B])c(Br)c([B])c2o1. The standard InChI is InChI=1S/C12H3B6BrO/c13-2-1-5(14)8(16)6-3-4-7(15)9(17)11(19)10(18)12(4)20-6/h1-3H/b2-1+,8-5-. The summed E-state index contributed by atoms with van der Waals surface area (Å²) in [6.45, 7) is 0. The van der Waals surface area contributed by atoms with E-state index >= 15 is 0 Å². The molecule has 0 amide bonds. The average Bonchev–Trinajstić information content (AvgIpc) is 2.87. The van der Waals surface area contributed by atoms with Gasteiger partial charge in [0.25, 0.3) is 0 Å². The van der Waals surface area contributed by atoms with Gasteiger partial charge >= 0.3 is 0 Å². The summed E-state index contributed by atoms with van der Waals surface area (Å²) in [5, 5.41) is 0.575. The van der Waals surface area contributed by atoms with Gasteiger partial charge in [-0.1, -0.05) is 38.4 Å². The highest BCUT2D eigenvalue weighted by molar-refractivity contribution is 9.10. The Kier molecular flexibility index (Phi) is 4.53. The molecular weight excluding hydrogens is 305 g/mol. The summed E-state index contributed by atoms with van der Waals surface area (Å²) >= 11 is 3.27. The van der Waals surface area contributed by atoms with Crippen molar-refractivity contribution in [3.05, 3.63) is 33.8 Å². The zero-order chi connectivity index (χ0) is 15.0. The van der Waals surface area contributed by atoms with E-state index in [9.17, 15) is 0 Å². The van der Waals surface area contributed by atoms with Crippen molar-refractivity contribution < 1.29 is 4.42 Å². The topological polar surface area (TPSA) is 13.1 Å². The number of hydrogen-bond donors (Lipinski definition) is 0. The maximum Gasteiger partial charge on any atom is 0.128 e. The van der Waals surface area contributed by atoms with E-state index in [0.717, 1.165) is 0 Å². The number of fused-ring (bicyclic) bond motifs is 1. The number of allylic oxidation sites excluding steroid dienone is 2. The lowest BCUT2D eigenvalue weighted by atomic mass is 9.74. The number of furan rings is 1. The molecule has 8 heteroatoms. The highest BCUT2D eigenvalue weighted by atomic mass is 79.9. The van der Waals surface area contributed by atoms with E-state index in [-0.39, 0.29) is 10.9 Å². The Balaban J connectivity index is 2.76. The lowest BCUT2D eigenvalue weighted by molar-refractivity contribution is 0.604. The quantitative estimate of drug-likeness (QED) is 0.526. The molecule has 0 unspecified atom stereocenters. The van der Waals surface area contributed by atoms with Crippen LogP contribution in [0.15, 0.2) is 32.5 Å². The second kappa shape index (κ2) is 5.85. The third-order valence-corrected chi connectivity index (χ3v) is 3.74. The summed E-state index contributed by atoms with van der Waals surface area (Å²) in [6, 6.07) is 1.64. The first-order valence-corrected chi connectivity index (χ1v) is 6.37. The molecule has 0 aliphatic rings. The third-order valence-electron chi connectivity index (χ3n) is 2.88. The van der Waals surface area contributed by atoms with Crippen molar-refractivity contribution in [1.29, 1.82) is 0 Å². The van der Waals surface area contributed by atoms with Gasteiger partial charge < -0.3 is 4.42 Å². The number of rotatable bonds is 2. The van der Waals surface area contributed by atoms with Gasteiger partial charge in [-0.2, -0.15) is 0 Å². The molecule has 1 aromatic carbocycles. The Labute approximate surface area is 134 Å². The van der Waals surface area contributed by atoms with Crippen LogP contribution in [-0.2, 0) is 0 Å². The number of halogens is 1. The second-order valence-corrected chi connectivity index (χ2v) is 4.93. The Hall–Kier alpha value is -0.890. The largest absolute Gasteiger partial charge is 0.458 e. The first-order chi connectivity index (χ1) is 9.38. The monoisotopic (exact) mass is 308 g/mol. The molecule has 0 atom stereocenters. The molecule has 2 aromatic rings. The molecule has 0 saturated heterocycles. The molecule has 0 saturated carbocycles. The van der Waals surface area contributed by atoms with E-state index in [2.05, 4.69) is 15.9 Å². The van der Waals surface area contributed by atoms with E-state index < -0.39 is 0 Å². The van der Waals surface area contributed by atoms with Gasteiger partial charge in [0.05, 0.1) is 0 Å². The number of hydrogen-bond acceptors (Lipinski definition) is 1. The van der Waals surface area contributed by atoms with Crippen molar-refractivity contribution in [3.63, 3.8) is 0 Å². The molecule has 2 rings (SSSR count). The molecule has 0 N–H and O–H groups in total. The van der Waals surface area contributed by atoms with Crippen molar-refractivity contribution in [3.8, 4) is 0 Å². The van der Waals surface area contributed by atoms with Gasteiger partial charge in [0.2, 0.25) is 0 Å². The summed E-state index contributed by atoms with van der Waals surface area (Å²) in [6.07, 6.45) is 1.46. The summed E-state index contributed by atoms with van der Waals surface area (Å²) in [4.78, 5) is 0. The molecule has 1 heterocycles. The fraction of sp³-hybridized carbons (Fsp3) is 0. The van der Waals surface area contributed by atoms with Crippen LogP contribution in [0.3, 0.4) is 0 Å². The summed E-state index contributed by atoms with van der Waals surface area (Å²) < 4.78 is 6.10. The van der Waals surface area contributed by atoms with E-state index in [1.165, 1.54) is 12.1 Å². The van der Waals surface area contributed by atoms with Crippen molar-refractivity contribution in [2.45, 2.75) is 0 Å². The van der Waals surface area contributed by atoms with E-state index in [0.29, 0.717) is 37.6 Å². The highest BCUT2D eigenvalue weighted by Crippen LogP contribution is 2.23. The molecule has 0 fully saturated rings. The molecule has 1 aromatic heterocycles. The minimum absolute atomic E-state index is 0.233. The summed E-state index contributed by atoms with van der Waals surface area (Å²) in [5.41, 5.74) is 1.95. The Morgan fingerprint density at radius 1 is 1.10 bits per heavy atom. The molecule has 0 aliphatic heterocycles. The summed E-state index contributed by atoms with van der Waals surface area (Å²) in [5.74, 6) is 1.62. The molecule has 0 aliphatic carbocycles. The van der Waals surface area contributed by atoms with Crippen molar-refractivity contribution in [2.24, 2.45) is 0 Å². The predicted octanol–water partition coefficient (Wildman–Crippen LogP) is -0.736. The molecule has 1 nitrogen and oxygen atoms in total. The third kappa shape index (κ3) is 2.50. The predicted molar refractivity (Wildman–Crippen MR) is 93.4 cm³/mol. The molecule has 0 bridgehead atoms. The molecule has 20 heavy (non-hydrogen) atoms. The van der Waals surface area contributed by atoms with Crippen LogP contribution in [0, 0.1) is 0 Å². The fourth-order valence-corrected chi connectivity index (χ4v) is 2.16. The van der Waals surface area contributed by atoms with Crippen LogP contribution >= 0.6 is 15.9 Å². The fourth-order valence-electron chi connectivity index (χ4n) is 1.77. The van der Waals surface area contributed by atoms with Crippen molar-refractivity contribution in [2.75, 3.05) is 0 Å². The zero-order valence-electron chi connectivity index (χ0n) is 10.5. The lowest BCUT2D eigenvalue weighted by Crippen LogP contribution is -2.32. The van der Waals surface area contributed by atoms with Gasteiger partial charge in [-0.15, -0.1) is 11.4 Å². The first-order valence-electron chi connectivity index (χ1n) is 5.57. The minimum Gasteiger partial charge on any atom is -0.458 e. The zero-order valence-corrected chi connectivity index (χ0v) is 12.1. The van der Waals surface area contributed by atoms with Gasteiger partial charge in [0.1, 0.15) is 58.4 Å².